The van der Waals surface area contributed by atoms with E-state index in [9.17, 15) is 4.79 Å². The summed E-state index contributed by atoms with van der Waals surface area (Å²) in [5.41, 5.74) is 1.77. The maximum atomic E-state index is 12.5. The number of carbonyl (C=O) groups is 1. The molecule has 1 N–H and O–H groups in total. The highest BCUT2D eigenvalue weighted by Gasteiger charge is 2.44. The second-order valence-corrected chi connectivity index (χ2v) is 5.94. The van der Waals surface area contributed by atoms with Gasteiger partial charge in [0.1, 0.15) is 11.5 Å². The summed E-state index contributed by atoms with van der Waals surface area (Å²) in [5.74, 6) is 1.28. The molecule has 23 heavy (non-hydrogen) atoms. The minimum Gasteiger partial charge on any atom is -0.495 e. The van der Waals surface area contributed by atoms with Gasteiger partial charge in [-0.25, -0.2) is 0 Å². The maximum Gasteiger partial charge on any atom is 0.228 e. The Bertz CT molecular complexity index is 718. The summed E-state index contributed by atoms with van der Waals surface area (Å²) in [6, 6.07) is 13.4. The van der Waals surface area contributed by atoms with Crippen molar-refractivity contribution in [3.63, 3.8) is 0 Å². The van der Waals surface area contributed by atoms with Gasteiger partial charge in [-0.3, -0.25) is 4.79 Å². The third-order valence-corrected chi connectivity index (χ3v) is 4.38. The minimum absolute atomic E-state index is 0.0104. The fourth-order valence-electron chi connectivity index (χ4n) is 2.74. The van der Waals surface area contributed by atoms with Crippen molar-refractivity contribution in [3.05, 3.63) is 53.1 Å². The Morgan fingerprint density at radius 1 is 1.13 bits per heavy atom. The maximum absolute atomic E-state index is 12.5. The fourth-order valence-corrected chi connectivity index (χ4v) is 2.97. The molecule has 1 saturated carbocycles. The second kappa shape index (κ2) is 6.50. The monoisotopic (exact) mass is 331 g/mol. The highest BCUT2D eigenvalue weighted by atomic mass is 35.5. The van der Waals surface area contributed by atoms with E-state index in [1.807, 2.05) is 18.2 Å². The number of halogens is 1. The molecule has 1 aliphatic carbocycles. The fraction of sp³-hybridized carbons (Fsp3) is 0.278. The first-order valence-electron chi connectivity index (χ1n) is 7.41. The average Bonchev–Trinajstić information content (AvgIpc) is 3.37. The Hall–Kier alpha value is -2.20. The van der Waals surface area contributed by atoms with Gasteiger partial charge in [-0.1, -0.05) is 41.9 Å². The predicted octanol–water partition coefficient (Wildman–Crippen LogP) is 4.10. The zero-order valence-electron chi connectivity index (χ0n) is 13.0. The first-order chi connectivity index (χ1) is 11.1. The second-order valence-electron chi connectivity index (χ2n) is 5.54. The van der Waals surface area contributed by atoms with Crippen LogP contribution in [-0.4, -0.2) is 20.1 Å². The minimum atomic E-state index is -0.0125. The summed E-state index contributed by atoms with van der Waals surface area (Å²) >= 11 is 6.08. The summed E-state index contributed by atoms with van der Waals surface area (Å²) in [6.07, 6.45) is 0.864. The zero-order chi connectivity index (χ0) is 16.4. The first-order valence-corrected chi connectivity index (χ1v) is 7.79. The number of ether oxygens (including phenoxy) is 2. The SMILES string of the molecule is COc1cc(NC(=O)[C@@H]2C[C@H]2c2ccccc2)c(OC)cc1Cl. The molecule has 2 aromatic carbocycles. The van der Waals surface area contributed by atoms with Crippen LogP contribution in [0.3, 0.4) is 0 Å². The van der Waals surface area contributed by atoms with Crippen LogP contribution in [-0.2, 0) is 4.79 Å². The first kappa shape index (κ1) is 15.7. The van der Waals surface area contributed by atoms with E-state index in [2.05, 4.69) is 17.4 Å². The highest BCUT2D eigenvalue weighted by Crippen LogP contribution is 2.48. The molecule has 0 bridgehead atoms. The Morgan fingerprint density at radius 3 is 2.48 bits per heavy atom. The molecule has 0 heterocycles. The zero-order valence-corrected chi connectivity index (χ0v) is 13.8. The van der Waals surface area contributed by atoms with Gasteiger partial charge in [0.25, 0.3) is 0 Å². The molecule has 1 amide bonds. The van der Waals surface area contributed by atoms with Gasteiger partial charge in [-0.15, -0.1) is 0 Å². The molecule has 4 nitrogen and oxygen atoms in total. The van der Waals surface area contributed by atoms with Crippen LogP contribution in [0.4, 0.5) is 5.69 Å². The molecule has 0 saturated heterocycles. The number of hydrogen-bond acceptors (Lipinski definition) is 3. The predicted molar refractivity (Wildman–Crippen MR) is 90.5 cm³/mol. The van der Waals surface area contributed by atoms with E-state index in [-0.39, 0.29) is 17.7 Å². The van der Waals surface area contributed by atoms with Crippen molar-refractivity contribution in [1.29, 1.82) is 0 Å². The largest absolute Gasteiger partial charge is 0.495 e. The van der Waals surface area contributed by atoms with Gasteiger partial charge in [-0.2, -0.15) is 0 Å². The number of nitrogens with one attached hydrogen (secondary N) is 1. The summed E-state index contributed by atoms with van der Waals surface area (Å²) < 4.78 is 10.5. The van der Waals surface area contributed by atoms with Crippen molar-refractivity contribution < 1.29 is 14.3 Å². The number of methoxy groups -OCH3 is 2. The molecule has 2 atom stereocenters. The number of benzene rings is 2. The topological polar surface area (TPSA) is 47.6 Å². The number of anilines is 1. The van der Waals surface area contributed by atoms with Gasteiger partial charge in [0.15, 0.2) is 0 Å². The third kappa shape index (κ3) is 3.27. The van der Waals surface area contributed by atoms with Crippen LogP contribution in [0.25, 0.3) is 0 Å². The van der Waals surface area contributed by atoms with Crippen LogP contribution >= 0.6 is 11.6 Å². The van der Waals surface area contributed by atoms with E-state index in [1.54, 1.807) is 12.1 Å². The van der Waals surface area contributed by atoms with Gasteiger partial charge in [0, 0.05) is 18.1 Å². The molecule has 0 spiro atoms. The normalized spacial score (nSPS) is 19.1. The molecule has 3 rings (SSSR count). The van der Waals surface area contributed by atoms with E-state index in [4.69, 9.17) is 21.1 Å². The lowest BCUT2D eigenvalue weighted by Gasteiger charge is -2.13. The molecule has 1 fully saturated rings. The van der Waals surface area contributed by atoms with Gasteiger partial charge in [0.2, 0.25) is 5.91 Å². The molecule has 0 unspecified atom stereocenters. The molecule has 120 valence electrons. The van der Waals surface area contributed by atoms with E-state index in [1.165, 1.54) is 19.8 Å². The van der Waals surface area contributed by atoms with Crippen molar-refractivity contribution in [1.82, 2.24) is 0 Å². The van der Waals surface area contributed by atoms with Gasteiger partial charge < -0.3 is 14.8 Å². The summed E-state index contributed by atoms with van der Waals surface area (Å²) in [7, 11) is 3.07. The van der Waals surface area contributed by atoms with Crippen molar-refractivity contribution in [2.24, 2.45) is 5.92 Å². The summed E-state index contributed by atoms with van der Waals surface area (Å²) in [4.78, 5) is 12.5. The molecular formula is C18H18ClNO3. The average molecular weight is 332 g/mol. The quantitative estimate of drug-likeness (QED) is 0.897. The van der Waals surface area contributed by atoms with E-state index in [0.29, 0.717) is 22.2 Å². The molecule has 0 aromatic heterocycles. The Morgan fingerprint density at radius 2 is 1.83 bits per heavy atom. The van der Waals surface area contributed by atoms with Gasteiger partial charge in [-0.05, 0) is 17.9 Å². The molecule has 5 heteroatoms. The van der Waals surface area contributed by atoms with Crippen molar-refractivity contribution in [2.75, 3.05) is 19.5 Å². The molecule has 2 aromatic rings. The lowest BCUT2D eigenvalue weighted by Crippen LogP contribution is -2.15. The van der Waals surface area contributed by atoms with Gasteiger partial charge in [0.05, 0.1) is 24.9 Å². The molecular weight excluding hydrogens is 314 g/mol. The van der Waals surface area contributed by atoms with Crippen LogP contribution in [0.2, 0.25) is 5.02 Å². The van der Waals surface area contributed by atoms with E-state index in [0.717, 1.165) is 6.42 Å². The van der Waals surface area contributed by atoms with Crippen LogP contribution < -0.4 is 14.8 Å². The lowest BCUT2D eigenvalue weighted by molar-refractivity contribution is -0.117. The lowest BCUT2D eigenvalue weighted by atomic mass is 10.1. The Kier molecular flexibility index (Phi) is 4.44. The van der Waals surface area contributed by atoms with Crippen LogP contribution in [0, 0.1) is 5.92 Å². The molecule has 0 aliphatic heterocycles. The highest BCUT2D eigenvalue weighted by molar-refractivity contribution is 6.32. The van der Waals surface area contributed by atoms with Crippen molar-refractivity contribution in [3.8, 4) is 11.5 Å². The number of amides is 1. The van der Waals surface area contributed by atoms with Crippen molar-refractivity contribution in [2.45, 2.75) is 12.3 Å². The molecule has 1 aliphatic rings. The standard InChI is InChI=1S/C18H18ClNO3/c1-22-16-10-15(17(23-2)9-14(16)19)20-18(21)13-8-12(13)11-6-4-3-5-7-11/h3-7,9-10,12-13H,8H2,1-2H3,(H,20,21)/t12-,13+/m0/s1. The third-order valence-electron chi connectivity index (χ3n) is 4.09. The summed E-state index contributed by atoms with van der Waals surface area (Å²) in [5, 5.41) is 3.36. The van der Waals surface area contributed by atoms with E-state index < -0.39 is 0 Å². The van der Waals surface area contributed by atoms with Crippen LogP contribution in [0.1, 0.15) is 17.9 Å². The molecule has 0 radical (unpaired) electrons. The van der Waals surface area contributed by atoms with E-state index >= 15 is 0 Å². The summed E-state index contributed by atoms with van der Waals surface area (Å²) in [6.45, 7) is 0. The Balaban J connectivity index is 1.74. The van der Waals surface area contributed by atoms with Gasteiger partial charge >= 0.3 is 0 Å². The number of rotatable bonds is 5. The van der Waals surface area contributed by atoms with Crippen LogP contribution in [0.5, 0.6) is 11.5 Å². The smallest absolute Gasteiger partial charge is 0.228 e. The number of carbonyl (C=O) groups excluding carboxylic acids is 1. The van der Waals surface area contributed by atoms with Crippen LogP contribution in [0.15, 0.2) is 42.5 Å². The van der Waals surface area contributed by atoms with Crippen molar-refractivity contribution >= 4 is 23.2 Å². The Labute approximate surface area is 140 Å². The number of hydrogen-bond donors (Lipinski definition) is 1.